The summed E-state index contributed by atoms with van der Waals surface area (Å²) in [6.45, 7) is 17.7. The second-order valence-electron chi connectivity index (χ2n) is 4.32. The molecule has 0 N–H and O–H groups in total. The summed E-state index contributed by atoms with van der Waals surface area (Å²) in [7, 11) is 1.73. The fourth-order valence-corrected chi connectivity index (χ4v) is 1.93. The van der Waals surface area contributed by atoms with Crippen molar-refractivity contribution < 1.29 is 9.47 Å². The van der Waals surface area contributed by atoms with Crippen LogP contribution in [0.4, 0.5) is 0 Å². The summed E-state index contributed by atoms with van der Waals surface area (Å²) in [6, 6.07) is 0. The molecular weight excluding hydrogens is 290 g/mol. The van der Waals surface area contributed by atoms with Crippen molar-refractivity contribution in [3.05, 3.63) is 18.1 Å². The van der Waals surface area contributed by atoms with Crippen molar-refractivity contribution in [3.63, 3.8) is 0 Å². The lowest BCUT2D eigenvalue weighted by molar-refractivity contribution is 0.147. The van der Waals surface area contributed by atoms with Crippen LogP contribution in [0.5, 0.6) is 5.88 Å². The molecule has 0 saturated carbocycles. The SMILES string of the molecule is CC.CC.CC.COCCN1CCC(Oc2cnc(C)cn2)C1. The normalized spacial score (nSPS) is 16.1. The standard InChI is InChI=1S/C12H19N3O2.3C2H6/c1-10-7-14-12(8-13-10)17-11-3-4-15(9-11)5-6-16-2;3*1-2/h7-8,11H,3-6,9H2,1-2H3;3*1-2H3. The molecule has 1 aliphatic heterocycles. The maximum atomic E-state index is 5.78. The van der Waals surface area contributed by atoms with E-state index in [1.807, 2.05) is 48.5 Å². The number of aryl methyl sites for hydroxylation is 1. The number of nitrogens with zero attached hydrogens (tertiary/aromatic N) is 3. The van der Waals surface area contributed by atoms with Gasteiger partial charge in [0, 0.05) is 26.7 Å². The Morgan fingerprint density at radius 2 is 1.74 bits per heavy atom. The summed E-state index contributed by atoms with van der Waals surface area (Å²) in [5, 5.41) is 0. The Morgan fingerprint density at radius 1 is 1.09 bits per heavy atom. The van der Waals surface area contributed by atoms with E-state index in [0.29, 0.717) is 5.88 Å². The van der Waals surface area contributed by atoms with E-state index in [0.717, 1.165) is 38.4 Å². The lowest BCUT2D eigenvalue weighted by atomic mass is 10.3. The van der Waals surface area contributed by atoms with Crippen LogP contribution in [-0.4, -0.2) is 54.3 Å². The smallest absolute Gasteiger partial charge is 0.232 e. The van der Waals surface area contributed by atoms with Gasteiger partial charge in [-0.05, 0) is 13.3 Å². The lowest BCUT2D eigenvalue weighted by Crippen LogP contribution is -2.28. The van der Waals surface area contributed by atoms with E-state index < -0.39 is 0 Å². The number of hydrogen-bond acceptors (Lipinski definition) is 5. The highest BCUT2D eigenvalue weighted by molar-refractivity contribution is 5.06. The second kappa shape index (κ2) is 17.2. The molecule has 0 spiro atoms. The van der Waals surface area contributed by atoms with E-state index in [1.54, 1.807) is 19.5 Å². The topological polar surface area (TPSA) is 47.5 Å². The average Bonchev–Trinajstić information content (AvgIpc) is 3.08. The molecule has 23 heavy (non-hydrogen) atoms. The van der Waals surface area contributed by atoms with Gasteiger partial charge < -0.3 is 9.47 Å². The molecule has 2 heterocycles. The van der Waals surface area contributed by atoms with Crippen LogP contribution in [0.25, 0.3) is 0 Å². The van der Waals surface area contributed by atoms with Crippen LogP contribution >= 0.6 is 0 Å². The first kappa shape index (κ1) is 24.1. The number of rotatable bonds is 5. The molecule has 1 saturated heterocycles. The molecule has 1 fully saturated rings. The molecule has 0 amide bonds. The molecule has 5 heteroatoms. The van der Waals surface area contributed by atoms with Gasteiger partial charge in [0.1, 0.15) is 6.10 Å². The highest BCUT2D eigenvalue weighted by Crippen LogP contribution is 2.15. The van der Waals surface area contributed by atoms with Crippen molar-refractivity contribution >= 4 is 0 Å². The third kappa shape index (κ3) is 11.0. The van der Waals surface area contributed by atoms with Crippen LogP contribution in [-0.2, 0) is 4.74 Å². The maximum Gasteiger partial charge on any atom is 0.232 e. The van der Waals surface area contributed by atoms with Crippen molar-refractivity contribution in [1.29, 1.82) is 0 Å². The Kier molecular flexibility index (Phi) is 17.9. The average molecular weight is 328 g/mol. The van der Waals surface area contributed by atoms with Crippen molar-refractivity contribution in [3.8, 4) is 5.88 Å². The minimum atomic E-state index is 0.226. The molecule has 0 radical (unpaired) electrons. The third-order valence-electron chi connectivity index (χ3n) is 2.89. The number of ether oxygens (including phenoxy) is 2. The van der Waals surface area contributed by atoms with Gasteiger partial charge in [-0.1, -0.05) is 41.5 Å². The van der Waals surface area contributed by atoms with Gasteiger partial charge >= 0.3 is 0 Å². The molecule has 1 aromatic heterocycles. The Balaban J connectivity index is 0. The molecule has 1 aliphatic rings. The van der Waals surface area contributed by atoms with Gasteiger partial charge in [-0.15, -0.1) is 0 Å². The van der Waals surface area contributed by atoms with E-state index in [1.165, 1.54) is 0 Å². The van der Waals surface area contributed by atoms with Crippen molar-refractivity contribution in [2.75, 3.05) is 33.4 Å². The van der Waals surface area contributed by atoms with E-state index in [4.69, 9.17) is 9.47 Å². The summed E-state index contributed by atoms with van der Waals surface area (Å²) in [4.78, 5) is 10.7. The fourth-order valence-electron chi connectivity index (χ4n) is 1.93. The second-order valence-corrected chi connectivity index (χ2v) is 4.32. The molecule has 0 aliphatic carbocycles. The van der Waals surface area contributed by atoms with Crippen LogP contribution in [0.15, 0.2) is 12.4 Å². The molecule has 1 aromatic rings. The first-order valence-corrected chi connectivity index (χ1v) is 8.94. The Hall–Kier alpha value is -1.20. The van der Waals surface area contributed by atoms with Crippen molar-refractivity contribution in [2.45, 2.75) is 61.0 Å². The van der Waals surface area contributed by atoms with Gasteiger partial charge in [0.25, 0.3) is 0 Å². The fraction of sp³-hybridized carbons (Fsp3) is 0.778. The first-order chi connectivity index (χ1) is 11.3. The highest BCUT2D eigenvalue weighted by atomic mass is 16.5. The number of hydrogen-bond donors (Lipinski definition) is 0. The minimum Gasteiger partial charge on any atom is -0.472 e. The number of likely N-dealkylation sites (tertiary alicyclic amines) is 1. The van der Waals surface area contributed by atoms with Gasteiger partial charge in [0.15, 0.2) is 0 Å². The molecule has 1 unspecified atom stereocenters. The minimum absolute atomic E-state index is 0.226. The summed E-state index contributed by atoms with van der Waals surface area (Å²) < 4.78 is 10.9. The van der Waals surface area contributed by atoms with Crippen LogP contribution in [0.3, 0.4) is 0 Å². The maximum absolute atomic E-state index is 5.78. The Morgan fingerprint density at radius 3 is 2.26 bits per heavy atom. The van der Waals surface area contributed by atoms with Gasteiger partial charge in [0.05, 0.1) is 24.7 Å². The van der Waals surface area contributed by atoms with E-state index in [-0.39, 0.29) is 6.10 Å². The van der Waals surface area contributed by atoms with Crippen LogP contribution in [0.1, 0.15) is 53.7 Å². The van der Waals surface area contributed by atoms with Crippen LogP contribution in [0.2, 0.25) is 0 Å². The molecular formula is C18H37N3O2. The largest absolute Gasteiger partial charge is 0.472 e. The van der Waals surface area contributed by atoms with Gasteiger partial charge in [-0.3, -0.25) is 9.88 Å². The van der Waals surface area contributed by atoms with Crippen LogP contribution < -0.4 is 4.74 Å². The zero-order valence-electron chi connectivity index (χ0n) is 16.4. The lowest BCUT2D eigenvalue weighted by Gasteiger charge is -2.15. The number of aromatic nitrogens is 2. The van der Waals surface area contributed by atoms with E-state index in [9.17, 15) is 0 Å². The van der Waals surface area contributed by atoms with E-state index in [2.05, 4.69) is 14.9 Å². The summed E-state index contributed by atoms with van der Waals surface area (Å²) in [5.41, 5.74) is 0.908. The number of methoxy groups -OCH3 is 1. The van der Waals surface area contributed by atoms with Crippen LogP contribution in [0, 0.1) is 6.92 Å². The Labute approximate surface area is 143 Å². The monoisotopic (exact) mass is 327 g/mol. The first-order valence-electron chi connectivity index (χ1n) is 8.94. The van der Waals surface area contributed by atoms with E-state index >= 15 is 0 Å². The predicted molar refractivity (Wildman–Crippen MR) is 98.2 cm³/mol. The summed E-state index contributed by atoms with van der Waals surface area (Å²) >= 11 is 0. The quantitative estimate of drug-likeness (QED) is 0.819. The molecule has 1 atom stereocenters. The third-order valence-corrected chi connectivity index (χ3v) is 2.89. The molecule has 0 aromatic carbocycles. The van der Waals surface area contributed by atoms with Crippen molar-refractivity contribution in [1.82, 2.24) is 14.9 Å². The highest BCUT2D eigenvalue weighted by Gasteiger charge is 2.23. The predicted octanol–water partition coefficient (Wildman–Crippen LogP) is 3.96. The molecule has 5 nitrogen and oxygen atoms in total. The molecule has 0 bridgehead atoms. The summed E-state index contributed by atoms with van der Waals surface area (Å²) in [5.74, 6) is 0.620. The van der Waals surface area contributed by atoms with Gasteiger partial charge in [-0.2, -0.15) is 0 Å². The zero-order valence-corrected chi connectivity index (χ0v) is 16.4. The van der Waals surface area contributed by atoms with Gasteiger partial charge in [-0.25, -0.2) is 4.98 Å². The Bertz CT molecular complexity index is 345. The van der Waals surface area contributed by atoms with Gasteiger partial charge in [0.2, 0.25) is 5.88 Å². The molecule has 136 valence electrons. The zero-order chi connectivity index (χ0) is 18.1. The molecule has 2 rings (SSSR count). The summed E-state index contributed by atoms with van der Waals surface area (Å²) in [6.07, 6.45) is 4.68. The van der Waals surface area contributed by atoms with Crippen molar-refractivity contribution in [2.24, 2.45) is 0 Å².